The van der Waals surface area contributed by atoms with E-state index in [1.54, 1.807) is 0 Å². The first-order valence-corrected chi connectivity index (χ1v) is 3.67. The fraction of sp³-hybridized carbons (Fsp3) is 0.750. The van der Waals surface area contributed by atoms with E-state index in [0.29, 0.717) is 0 Å². The molecule has 0 radical (unpaired) electrons. The number of aliphatic hydroxyl groups is 1. The molecule has 0 aromatic carbocycles. The average Bonchev–Trinajstić information content (AvgIpc) is 1.89. The average molecular weight is 128 g/mol. The monoisotopic (exact) mass is 128 g/mol. The van der Waals surface area contributed by atoms with Crippen LogP contribution in [-0.2, 0) is 0 Å². The summed E-state index contributed by atoms with van der Waals surface area (Å²) in [7, 11) is 0. The van der Waals surface area contributed by atoms with Gasteiger partial charge in [-0.3, -0.25) is 0 Å². The van der Waals surface area contributed by atoms with Gasteiger partial charge in [0.05, 0.1) is 0 Å². The van der Waals surface area contributed by atoms with Crippen LogP contribution in [0.15, 0.2) is 12.2 Å². The zero-order valence-electron chi connectivity index (χ0n) is 6.14. The molecule has 0 aliphatic rings. The van der Waals surface area contributed by atoms with Crippen LogP contribution in [0, 0.1) is 0 Å². The number of hydrogen-bond acceptors (Lipinski definition) is 1. The summed E-state index contributed by atoms with van der Waals surface area (Å²) in [6.45, 7) is 2.46. The summed E-state index contributed by atoms with van der Waals surface area (Å²) in [6, 6.07) is 0. The maximum atomic E-state index is 8.37. The lowest BCUT2D eigenvalue weighted by Gasteiger charge is -1.87. The van der Waals surface area contributed by atoms with Crippen molar-refractivity contribution in [2.24, 2.45) is 0 Å². The Morgan fingerprint density at radius 1 is 1.22 bits per heavy atom. The highest BCUT2D eigenvalue weighted by Gasteiger charge is 1.76. The summed E-state index contributed by atoms with van der Waals surface area (Å²) >= 11 is 0. The number of rotatable bonds is 5. The van der Waals surface area contributed by atoms with E-state index in [4.69, 9.17) is 5.11 Å². The molecule has 0 saturated carbocycles. The molecule has 0 rings (SSSR count). The Hall–Kier alpha value is -0.300. The van der Waals surface area contributed by atoms with Gasteiger partial charge >= 0.3 is 0 Å². The van der Waals surface area contributed by atoms with Crippen molar-refractivity contribution in [3.05, 3.63) is 12.2 Å². The molecule has 0 fully saturated rings. The van der Waals surface area contributed by atoms with Crippen LogP contribution in [-0.4, -0.2) is 11.7 Å². The van der Waals surface area contributed by atoms with Gasteiger partial charge in [-0.1, -0.05) is 31.9 Å². The van der Waals surface area contributed by atoms with Gasteiger partial charge in [0, 0.05) is 6.61 Å². The van der Waals surface area contributed by atoms with E-state index in [0.717, 1.165) is 12.8 Å². The van der Waals surface area contributed by atoms with Crippen LogP contribution < -0.4 is 0 Å². The molecular formula is C8H16O. The molecule has 0 heterocycles. The van der Waals surface area contributed by atoms with Crippen molar-refractivity contribution in [2.45, 2.75) is 32.6 Å². The molecule has 0 amide bonds. The highest BCUT2D eigenvalue weighted by Crippen LogP contribution is 1.95. The largest absolute Gasteiger partial charge is 0.396 e. The second-order valence-electron chi connectivity index (χ2n) is 2.13. The molecule has 0 aliphatic carbocycles. The van der Waals surface area contributed by atoms with E-state index in [-0.39, 0.29) is 6.61 Å². The van der Waals surface area contributed by atoms with Gasteiger partial charge in [0.2, 0.25) is 0 Å². The lowest BCUT2D eigenvalue weighted by molar-refractivity contribution is 0.302. The SMILES string of the molecule is CCCCC=CCCO. The second-order valence-corrected chi connectivity index (χ2v) is 2.13. The first-order valence-electron chi connectivity index (χ1n) is 3.67. The summed E-state index contributed by atoms with van der Waals surface area (Å²) in [6.07, 6.45) is 8.67. The van der Waals surface area contributed by atoms with Crippen molar-refractivity contribution >= 4 is 0 Å². The summed E-state index contributed by atoms with van der Waals surface area (Å²) in [5.41, 5.74) is 0. The van der Waals surface area contributed by atoms with Crippen molar-refractivity contribution in [3.63, 3.8) is 0 Å². The number of allylic oxidation sites excluding steroid dienone is 1. The van der Waals surface area contributed by atoms with Gasteiger partial charge in [0.25, 0.3) is 0 Å². The molecule has 0 atom stereocenters. The Bertz CT molecular complexity index is 67.0. The smallest absolute Gasteiger partial charge is 0.0465 e. The van der Waals surface area contributed by atoms with Gasteiger partial charge in [-0.25, -0.2) is 0 Å². The normalized spacial score (nSPS) is 10.9. The van der Waals surface area contributed by atoms with Gasteiger partial charge in [0.15, 0.2) is 0 Å². The molecule has 54 valence electrons. The third kappa shape index (κ3) is 7.70. The summed E-state index contributed by atoms with van der Waals surface area (Å²) < 4.78 is 0. The Labute approximate surface area is 57.4 Å². The van der Waals surface area contributed by atoms with Crippen molar-refractivity contribution in [1.82, 2.24) is 0 Å². The molecule has 0 aliphatic heterocycles. The maximum Gasteiger partial charge on any atom is 0.0465 e. The maximum absolute atomic E-state index is 8.37. The van der Waals surface area contributed by atoms with E-state index in [1.807, 2.05) is 6.08 Å². The van der Waals surface area contributed by atoms with Crippen LogP contribution in [0.4, 0.5) is 0 Å². The van der Waals surface area contributed by atoms with E-state index in [9.17, 15) is 0 Å². The van der Waals surface area contributed by atoms with Gasteiger partial charge in [-0.15, -0.1) is 0 Å². The van der Waals surface area contributed by atoms with E-state index >= 15 is 0 Å². The molecular weight excluding hydrogens is 112 g/mol. The molecule has 1 nitrogen and oxygen atoms in total. The lowest BCUT2D eigenvalue weighted by atomic mass is 10.2. The Morgan fingerprint density at radius 2 is 1.89 bits per heavy atom. The van der Waals surface area contributed by atoms with Gasteiger partial charge in [-0.05, 0) is 12.8 Å². The van der Waals surface area contributed by atoms with Crippen LogP contribution in [0.2, 0.25) is 0 Å². The third-order valence-electron chi connectivity index (χ3n) is 1.19. The highest BCUT2D eigenvalue weighted by molar-refractivity contribution is 4.80. The van der Waals surface area contributed by atoms with Crippen molar-refractivity contribution < 1.29 is 5.11 Å². The number of unbranched alkanes of at least 4 members (excludes halogenated alkanes) is 2. The molecule has 0 aromatic heterocycles. The standard InChI is InChI=1S/C8H16O/c1-2-3-4-5-6-7-8-9/h5-6,9H,2-4,7-8H2,1H3. The summed E-state index contributed by atoms with van der Waals surface area (Å²) in [5, 5.41) is 8.37. The van der Waals surface area contributed by atoms with Crippen LogP contribution in [0.25, 0.3) is 0 Å². The molecule has 1 N–H and O–H groups in total. The minimum absolute atomic E-state index is 0.280. The zero-order chi connectivity index (χ0) is 6.95. The van der Waals surface area contributed by atoms with Crippen molar-refractivity contribution in [1.29, 1.82) is 0 Å². The van der Waals surface area contributed by atoms with Crippen LogP contribution in [0.3, 0.4) is 0 Å². The van der Waals surface area contributed by atoms with Crippen LogP contribution in [0.1, 0.15) is 32.6 Å². The topological polar surface area (TPSA) is 20.2 Å². The lowest BCUT2D eigenvalue weighted by Crippen LogP contribution is -1.75. The predicted molar refractivity (Wildman–Crippen MR) is 40.4 cm³/mol. The first kappa shape index (κ1) is 8.70. The fourth-order valence-corrected chi connectivity index (χ4v) is 0.632. The van der Waals surface area contributed by atoms with E-state index in [2.05, 4.69) is 13.0 Å². The van der Waals surface area contributed by atoms with Gasteiger partial charge in [0.1, 0.15) is 0 Å². The number of hydrogen-bond donors (Lipinski definition) is 1. The Kier molecular flexibility index (Phi) is 7.44. The van der Waals surface area contributed by atoms with E-state index < -0.39 is 0 Å². The Morgan fingerprint density at radius 3 is 2.44 bits per heavy atom. The highest BCUT2D eigenvalue weighted by atomic mass is 16.2. The van der Waals surface area contributed by atoms with Gasteiger partial charge < -0.3 is 5.11 Å². The molecule has 0 aromatic rings. The Balaban J connectivity index is 2.86. The third-order valence-corrected chi connectivity index (χ3v) is 1.19. The molecule has 9 heavy (non-hydrogen) atoms. The number of aliphatic hydroxyl groups excluding tert-OH is 1. The molecule has 0 saturated heterocycles. The molecule has 0 unspecified atom stereocenters. The molecule has 0 bridgehead atoms. The minimum Gasteiger partial charge on any atom is -0.396 e. The first-order chi connectivity index (χ1) is 4.41. The fourth-order valence-electron chi connectivity index (χ4n) is 0.632. The van der Waals surface area contributed by atoms with Gasteiger partial charge in [-0.2, -0.15) is 0 Å². The summed E-state index contributed by atoms with van der Waals surface area (Å²) in [4.78, 5) is 0. The second kappa shape index (κ2) is 7.70. The van der Waals surface area contributed by atoms with Crippen LogP contribution >= 0.6 is 0 Å². The van der Waals surface area contributed by atoms with Crippen LogP contribution in [0.5, 0.6) is 0 Å². The predicted octanol–water partition coefficient (Wildman–Crippen LogP) is 2.12. The molecule has 1 heteroatoms. The van der Waals surface area contributed by atoms with Crippen molar-refractivity contribution in [2.75, 3.05) is 6.61 Å². The quantitative estimate of drug-likeness (QED) is 0.444. The molecule has 0 spiro atoms. The van der Waals surface area contributed by atoms with Crippen molar-refractivity contribution in [3.8, 4) is 0 Å². The van der Waals surface area contributed by atoms with E-state index in [1.165, 1.54) is 12.8 Å². The minimum atomic E-state index is 0.280. The zero-order valence-corrected chi connectivity index (χ0v) is 6.14. The summed E-state index contributed by atoms with van der Waals surface area (Å²) in [5.74, 6) is 0.